The Labute approximate surface area is 160 Å². The molecule has 2 N–H and O–H groups in total. The molecule has 7 heteroatoms. The molecular formula is C19H28N3O3S-. The molecule has 1 aromatic rings. The molecule has 0 unspecified atom stereocenters. The van der Waals surface area contributed by atoms with Gasteiger partial charge in [-0.15, -0.1) is 0 Å². The molecule has 1 heterocycles. The lowest BCUT2D eigenvalue weighted by molar-refractivity contribution is -0.305. The molecule has 1 saturated carbocycles. The minimum absolute atomic E-state index is 0.0627. The Morgan fingerprint density at radius 3 is 2.85 bits per heavy atom. The summed E-state index contributed by atoms with van der Waals surface area (Å²) < 4.78 is 5.59. The van der Waals surface area contributed by atoms with Crippen LogP contribution in [0.5, 0.6) is 0 Å². The van der Waals surface area contributed by atoms with Crippen molar-refractivity contribution >= 4 is 29.0 Å². The number of carboxylic acid groups (broad SMARTS) is 1. The molecule has 26 heavy (non-hydrogen) atoms. The first kappa shape index (κ1) is 20.4. The first-order valence-corrected chi connectivity index (χ1v) is 9.59. The number of hydrazone groups is 1. The van der Waals surface area contributed by atoms with Crippen molar-refractivity contribution in [3.63, 3.8) is 0 Å². The van der Waals surface area contributed by atoms with Crippen molar-refractivity contribution in [2.75, 3.05) is 0 Å². The van der Waals surface area contributed by atoms with Crippen LogP contribution in [0.15, 0.2) is 15.6 Å². The lowest BCUT2D eigenvalue weighted by atomic mass is 9.78. The minimum Gasteiger partial charge on any atom is -0.550 e. The number of carbonyl (C=O) groups is 1. The maximum absolute atomic E-state index is 10.6. The second-order valence-corrected chi connectivity index (χ2v) is 7.62. The number of nitrogens with one attached hydrogen (secondary N) is 2. The number of thiocarbonyl (C=S) groups is 1. The van der Waals surface area contributed by atoms with Crippen molar-refractivity contribution in [3.05, 3.63) is 23.2 Å². The topological polar surface area (TPSA) is 89.7 Å². The lowest BCUT2D eigenvalue weighted by Gasteiger charge is -2.35. The molecule has 1 fully saturated rings. The molecule has 0 amide bonds. The van der Waals surface area contributed by atoms with Crippen molar-refractivity contribution in [1.82, 2.24) is 10.7 Å². The highest BCUT2D eigenvalue weighted by molar-refractivity contribution is 7.80. The van der Waals surface area contributed by atoms with E-state index in [0.717, 1.165) is 17.7 Å². The van der Waals surface area contributed by atoms with E-state index in [4.69, 9.17) is 16.6 Å². The van der Waals surface area contributed by atoms with E-state index >= 15 is 0 Å². The highest BCUT2D eigenvalue weighted by Crippen LogP contribution is 2.29. The maximum atomic E-state index is 10.6. The number of hydrogen-bond donors (Lipinski definition) is 2. The van der Waals surface area contributed by atoms with Crippen LogP contribution in [0.3, 0.4) is 0 Å². The Balaban J connectivity index is 1.92. The van der Waals surface area contributed by atoms with Crippen molar-refractivity contribution in [2.24, 2.45) is 16.9 Å². The van der Waals surface area contributed by atoms with Gasteiger partial charge in [0.15, 0.2) is 5.11 Å². The van der Waals surface area contributed by atoms with Gasteiger partial charge >= 0.3 is 0 Å². The molecule has 144 valence electrons. The van der Waals surface area contributed by atoms with E-state index in [1.807, 2.05) is 19.9 Å². The number of rotatable bonds is 6. The SMILES string of the molecule is C/C(=N/NC(=S)N[C@@H]1CCC[C@H](C)[C@@H]1C)c1cc(CCC(=O)[O-])oc1C. The van der Waals surface area contributed by atoms with Gasteiger partial charge in [-0.05, 0) is 56.8 Å². The monoisotopic (exact) mass is 378 g/mol. The average molecular weight is 379 g/mol. The van der Waals surface area contributed by atoms with E-state index in [2.05, 4.69) is 29.7 Å². The van der Waals surface area contributed by atoms with E-state index in [-0.39, 0.29) is 6.42 Å². The van der Waals surface area contributed by atoms with Gasteiger partial charge in [-0.2, -0.15) is 5.10 Å². The first-order valence-electron chi connectivity index (χ1n) is 9.18. The van der Waals surface area contributed by atoms with Crippen LogP contribution in [-0.2, 0) is 11.2 Å². The van der Waals surface area contributed by atoms with Gasteiger partial charge in [-0.3, -0.25) is 5.43 Å². The predicted octanol–water partition coefficient (Wildman–Crippen LogP) is 2.28. The summed E-state index contributed by atoms with van der Waals surface area (Å²) in [6, 6.07) is 2.20. The number of hydrogen-bond acceptors (Lipinski definition) is 5. The summed E-state index contributed by atoms with van der Waals surface area (Å²) in [4.78, 5) is 10.6. The number of furan rings is 1. The number of aryl methyl sites for hydroxylation is 2. The molecule has 0 spiro atoms. The molecule has 1 aliphatic rings. The Morgan fingerprint density at radius 1 is 1.42 bits per heavy atom. The van der Waals surface area contributed by atoms with Gasteiger partial charge in [0, 0.05) is 24.0 Å². The molecule has 2 rings (SSSR count). The fourth-order valence-electron chi connectivity index (χ4n) is 3.43. The van der Waals surface area contributed by atoms with E-state index in [1.54, 1.807) is 0 Å². The van der Waals surface area contributed by atoms with Gasteiger partial charge in [0.2, 0.25) is 0 Å². The van der Waals surface area contributed by atoms with Crippen molar-refractivity contribution in [1.29, 1.82) is 0 Å². The van der Waals surface area contributed by atoms with Crippen LogP contribution in [0.25, 0.3) is 0 Å². The summed E-state index contributed by atoms with van der Waals surface area (Å²) in [5.74, 6) is 1.51. The molecule has 1 aromatic heterocycles. The molecule has 1 aliphatic carbocycles. The number of carboxylic acids is 1. The summed E-state index contributed by atoms with van der Waals surface area (Å²) in [5.41, 5.74) is 4.49. The fourth-order valence-corrected chi connectivity index (χ4v) is 3.63. The van der Waals surface area contributed by atoms with E-state index in [1.165, 1.54) is 12.8 Å². The Kier molecular flexibility index (Phi) is 7.20. The van der Waals surface area contributed by atoms with Gasteiger partial charge in [-0.1, -0.05) is 26.7 Å². The zero-order valence-corrected chi connectivity index (χ0v) is 16.7. The van der Waals surface area contributed by atoms with Crippen LogP contribution in [0.2, 0.25) is 0 Å². The number of nitrogens with zero attached hydrogens (tertiary/aromatic N) is 1. The van der Waals surface area contributed by atoms with Crippen LogP contribution in [0.1, 0.15) is 63.5 Å². The van der Waals surface area contributed by atoms with E-state index in [9.17, 15) is 9.90 Å². The number of aliphatic carboxylic acids is 1. The molecule has 0 saturated heterocycles. The molecule has 6 nitrogen and oxygen atoms in total. The maximum Gasteiger partial charge on any atom is 0.187 e. The Morgan fingerprint density at radius 2 is 2.15 bits per heavy atom. The molecule has 0 aliphatic heterocycles. The summed E-state index contributed by atoms with van der Waals surface area (Å²) in [5, 5.41) is 18.8. The van der Waals surface area contributed by atoms with Crippen LogP contribution in [-0.4, -0.2) is 22.8 Å². The second-order valence-electron chi connectivity index (χ2n) is 7.21. The van der Waals surface area contributed by atoms with Gasteiger partial charge in [-0.25, -0.2) is 0 Å². The second kappa shape index (κ2) is 9.16. The average Bonchev–Trinajstić information content (AvgIpc) is 2.96. The van der Waals surface area contributed by atoms with E-state index < -0.39 is 5.97 Å². The van der Waals surface area contributed by atoms with Crippen LogP contribution in [0, 0.1) is 18.8 Å². The van der Waals surface area contributed by atoms with Crippen molar-refractivity contribution < 1.29 is 14.3 Å². The number of carbonyl (C=O) groups excluding carboxylic acids is 1. The van der Waals surface area contributed by atoms with Crippen LogP contribution < -0.4 is 15.8 Å². The summed E-state index contributed by atoms with van der Waals surface area (Å²) in [6.07, 6.45) is 3.86. The van der Waals surface area contributed by atoms with Crippen LogP contribution >= 0.6 is 12.2 Å². The van der Waals surface area contributed by atoms with Gasteiger partial charge < -0.3 is 19.6 Å². The lowest BCUT2D eigenvalue weighted by Crippen LogP contribution is -2.46. The molecular weight excluding hydrogens is 350 g/mol. The third-order valence-corrected chi connectivity index (χ3v) is 5.49. The third-order valence-electron chi connectivity index (χ3n) is 5.28. The summed E-state index contributed by atoms with van der Waals surface area (Å²) in [7, 11) is 0. The molecule has 0 aromatic carbocycles. The third kappa shape index (κ3) is 5.56. The highest BCUT2D eigenvalue weighted by atomic mass is 32.1. The summed E-state index contributed by atoms with van der Waals surface area (Å²) in [6.45, 7) is 8.25. The molecule has 3 atom stereocenters. The Bertz CT molecular complexity index is 684. The van der Waals surface area contributed by atoms with E-state index in [0.29, 0.717) is 40.9 Å². The predicted molar refractivity (Wildman–Crippen MR) is 104 cm³/mol. The van der Waals surface area contributed by atoms with Crippen molar-refractivity contribution in [2.45, 2.75) is 65.8 Å². The van der Waals surface area contributed by atoms with Crippen LogP contribution in [0.4, 0.5) is 0 Å². The summed E-state index contributed by atoms with van der Waals surface area (Å²) >= 11 is 5.38. The fraction of sp³-hybridized carbons (Fsp3) is 0.632. The zero-order chi connectivity index (χ0) is 19.3. The normalized spacial score (nSPS) is 23.5. The largest absolute Gasteiger partial charge is 0.550 e. The van der Waals surface area contributed by atoms with Gasteiger partial charge in [0.05, 0.1) is 5.71 Å². The first-order chi connectivity index (χ1) is 12.3. The molecule has 0 radical (unpaired) electrons. The quantitative estimate of drug-likeness (QED) is 0.448. The smallest absolute Gasteiger partial charge is 0.187 e. The minimum atomic E-state index is -1.09. The Hall–Kier alpha value is -1.89. The highest BCUT2D eigenvalue weighted by Gasteiger charge is 2.27. The van der Waals surface area contributed by atoms with Gasteiger partial charge in [0.25, 0.3) is 0 Å². The van der Waals surface area contributed by atoms with Gasteiger partial charge in [0.1, 0.15) is 11.5 Å². The standard InChI is InChI=1S/C19H29N3O3S/c1-11-6-5-7-17(12(11)2)20-19(26)22-21-13(3)16-10-15(25-14(16)4)8-9-18(23)24/h10-12,17H,5-9H2,1-4H3,(H,23,24)(H2,20,22,26)/p-1/b21-13-/t11-,12-,17+/m0/s1. The zero-order valence-electron chi connectivity index (χ0n) is 15.9. The molecule has 0 bridgehead atoms. The van der Waals surface area contributed by atoms with Crippen molar-refractivity contribution in [3.8, 4) is 0 Å².